The molecule has 0 aromatic heterocycles. The fourth-order valence-corrected chi connectivity index (χ4v) is 2.06. The minimum Gasteiger partial charge on any atom is -0.304 e. The van der Waals surface area contributed by atoms with Gasteiger partial charge in [0.05, 0.1) is 0 Å². The molecule has 90 valence electrons. The fourth-order valence-electron chi connectivity index (χ4n) is 2.06. The summed E-state index contributed by atoms with van der Waals surface area (Å²) in [5, 5.41) is 3.55. The summed E-state index contributed by atoms with van der Waals surface area (Å²) >= 11 is 0. The molecule has 1 aliphatic heterocycles. The monoisotopic (exact) mass is 212 g/mol. The first-order chi connectivity index (χ1) is 7.29. The van der Waals surface area contributed by atoms with Crippen LogP contribution in [0.15, 0.2) is 0 Å². The Morgan fingerprint density at radius 2 is 1.80 bits per heavy atom. The van der Waals surface area contributed by atoms with Gasteiger partial charge in [0, 0.05) is 6.67 Å². The van der Waals surface area contributed by atoms with Crippen LogP contribution < -0.4 is 5.32 Å². The third-order valence-corrected chi connectivity index (χ3v) is 3.19. The van der Waals surface area contributed by atoms with E-state index in [1.807, 2.05) is 0 Å². The van der Waals surface area contributed by atoms with E-state index in [1.165, 1.54) is 58.2 Å². The molecule has 0 saturated carbocycles. The number of rotatable bonds is 3. The van der Waals surface area contributed by atoms with Crippen molar-refractivity contribution >= 4 is 0 Å². The molecule has 1 rings (SSSR count). The Morgan fingerprint density at radius 1 is 1.07 bits per heavy atom. The lowest BCUT2D eigenvalue weighted by Gasteiger charge is -2.24. The van der Waals surface area contributed by atoms with Gasteiger partial charge in [-0.05, 0) is 44.8 Å². The van der Waals surface area contributed by atoms with Gasteiger partial charge >= 0.3 is 0 Å². The smallest absolute Gasteiger partial charge is 0.0480 e. The highest BCUT2D eigenvalue weighted by Gasteiger charge is 2.06. The van der Waals surface area contributed by atoms with Gasteiger partial charge < -0.3 is 5.32 Å². The lowest BCUT2D eigenvalue weighted by molar-refractivity contribution is 0.229. The van der Waals surface area contributed by atoms with Crippen molar-refractivity contribution in [2.75, 3.05) is 26.3 Å². The number of nitrogens with one attached hydrogen (secondary N) is 1. The molecular weight excluding hydrogens is 184 g/mol. The molecule has 0 aromatic rings. The highest BCUT2D eigenvalue weighted by Crippen LogP contribution is 2.07. The Hall–Kier alpha value is -0.0800. The molecule has 0 aliphatic carbocycles. The highest BCUT2D eigenvalue weighted by atomic mass is 15.2. The van der Waals surface area contributed by atoms with E-state index in [1.54, 1.807) is 0 Å². The molecule has 0 aromatic carbocycles. The standard InChI is InChI=1S/C13H28N2/c1-13(2)8-11-15-10-7-5-3-4-6-9-14-12-15/h13-14H,3-12H2,1-2H3. The van der Waals surface area contributed by atoms with E-state index in [9.17, 15) is 0 Å². The van der Waals surface area contributed by atoms with Gasteiger partial charge in [0.1, 0.15) is 0 Å². The van der Waals surface area contributed by atoms with E-state index < -0.39 is 0 Å². The van der Waals surface area contributed by atoms with Crippen molar-refractivity contribution in [3.05, 3.63) is 0 Å². The molecule has 2 nitrogen and oxygen atoms in total. The van der Waals surface area contributed by atoms with Gasteiger partial charge in [0.25, 0.3) is 0 Å². The lowest BCUT2D eigenvalue weighted by atomic mass is 10.1. The first-order valence-corrected chi connectivity index (χ1v) is 6.72. The van der Waals surface area contributed by atoms with Gasteiger partial charge in [-0.25, -0.2) is 0 Å². The van der Waals surface area contributed by atoms with Crippen molar-refractivity contribution < 1.29 is 0 Å². The SMILES string of the molecule is CC(C)CCN1CCCCCCCNC1. The maximum atomic E-state index is 3.55. The minimum atomic E-state index is 0.834. The Bertz CT molecular complexity index is 135. The van der Waals surface area contributed by atoms with E-state index in [0.29, 0.717) is 0 Å². The second-order valence-electron chi connectivity index (χ2n) is 5.23. The van der Waals surface area contributed by atoms with Gasteiger partial charge in [0.15, 0.2) is 0 Å². The van der Waals surface area contributed by atoms with Crippen LogP contribution >= 0.6 is 0 Å². The number of hydrogen-bond donors (Lipinski definition) is 1. The average molecular weight is 212 g/mol. The number of nitrogens with zero attached hydrogens (tertiary/aromatic N) is 1. The zero-order chi connectivity index (χ0) is 10.9. The van der Waals surface area contributed by atoms with Crippen LogP contribution in [-0.4, -0.2) is 31.2 Å². The van der Waals surface area contributed by atoms with E-state index in [-0.39, 0.29) is 0 Å². The average Bonchev–Trinajstić information content (AvgIpc) is 2.23. The molecule has 0 spiro atoms. The third kappa shape index (κ3) is 6.91. The van der Waals surface area contributed by atoms with Crippen LogP contribution in [0, 0.1) is 5.92 Å². The zero-order valence-electron chi connectivity index (χ0n) is 10.6. The van der Waals surface area contributed by atoms with Gasteiger partial charge in [-0.15, -0.1) is 0 Å². The number of hydrogen-bond acceptors (Lipinski definition) is 2. The first-order valence-electron chi connectivity index (χ1n) is 6.72. The van der Waals surface area contributed by atoms with Crippen molar-refractivity contribution in [3.63, 3.8) is 0 Å². The van der Waals surface area contributed by atoms with Crippen LogP contribution in [0.1, 0.15) is 52.4 Å². The van der Waals surface area contributed by atoms with Gasteiger partial charge in [0.2, 0.25) is 0 Å². The normalized spacial score (nSPS) is 21.8. The topological polar surface area (TPSA) is 15.3 Å². The summed E-state index contributed by atoms with van der Waals surface area (Å²) in [5.41, 5.74) is 0. The molecule has 0 bridgehead atoms. The highest BCUT2D eigenvalue weighted by molar-refractivity contribution is 4.61. The molecule has 1 N–H and O–H groups in total. The molecule has 1 saturated heterocycles. The molecule has 0 amide bonds. The van der Waals surface area contributed by atoms with E-state index in [2.05, 4.69) is 24.1 Å². The molecule has 15 heavy (non-hydrogen) atoms. The largest absolute Gasteiger partial charge is 0.304 e. The van der Waals surface area contributed by atoms with E-state index >= 15 is 0 Å². The van der Waals surface area contributed by atoms with Gasteiger partial charge in [-0.3, -0.25) is 4.90 Å². The summed E-state index contributed by atoms with van der Waals surface area (Å²) in [4.78, 5) is 2.59. The van der Waals surface area contributed by atoms with Crippen LogP contribution in [0.4, 0.5) is 0 Å². The van der Waals surface area contributed by atoms with Crippen molar-refractivity contribution in [3.8, 4) is 0 Å². The van der Waals surface area contributed by atoms with E-state index in [0.717, 1.165) is 12.6 Å². The fraction of sp³-hybridized carbons (Fsp3) is 1.00. The van der Waals surface area contributed by atoms with Crippen molar-refractivity contribution in [1.29, 1.82) is 0 Å². The van der Waals surface area contributed by atoms with Crippen LogP contribution in [0.5, 0.6) is 0 Å². The zero-order valence-corrected chi connectivity index (χ0v) is 10.6. The Morgan fingerprint density at radius 3 is 2.60 bits per heavy atom. The van der Waals surface area contributed by atoms with Crippen LogP contribution in [0.2, 0.25) is 0 Å². The maximum Gasteiger partial charge on any atom is 0.0480 e. The molecule has 0 radical (unpaired) electrons. The van der Waals surface area contributed by atoms with Crippen molar-refractivity contribution in [2.45, 2.75) is 52.4 Å². The van der Waals surface area contributed by atoms with Crippen LogP contribution in [-0.2, 0) is 0 Å². The second kappa shape index (κ2) is 8.12. The maximum absolute atomic E-state index is 3.55. The van der Waals surface area contributed by atoms with Gasteiger partial charge in [-0.2, -0.15) is 0 Å². The van der Waals surface area contributed by atoms with Crippen molar-refractivity contribution in [2.24, 2.45) is 5.92 Å². The predicted octanol–water partition coefficient (Wildman–Crippen LogP) is 2.85. The molecule has 2 heteroatoms. The summed E-state index contributed by atoms with van der Waals surface area (Å²) < 4.78 is 0. The molecule has 1 fully saturated rings. The molecule has 1 aliphatic rings. The summed E-state index contributed by atoms with van der Waals surface area (Å²) in [6, 6.07) is 0. The van der Waals surface area contributed by atoms with E-state index in [4.69, 9.17) is 0 Å². The Balaban J connectivity index is 2.19. The summed E-state index contributed by atoms with van der Waals surface area (Å²) in [7, 11) is 0. The summed E-state index contributed by atoms with van der Waals surface area (Å²) in [6.45, 7) is 9.50. The summed E-state index contributed by atoms with van der Waals surface area (Å²) in [6.07, 6.45) is 8.36. The predicted molar refractivity (Wildman–Crippen MR) is 67.0 cm³/mol. The lowest BCUT2D eigenvalue weighted by Crippen LogP contribution is -2.37. The molecule has 0 unspecified atom stereocenters. The first kappa shape index (κ1) is 13.0. The molecular formula is C13H28N2. The minimum absolute atomic E-state index is 0.834. The molecule has 1 heterocycles. The van der Waals surface area contributed by atoms with Crippen molar-refractivity contribution in [1.82, 2.24) is 10.2 Å². The Kier molecular flexibility index (Phi) is 7.03. The van der Waals surface area contributed by atoms with Crippen LogP contribution in [0.25, 0.3) is 0 Å². The van der Waals surface area contributed by atoms with Crippen LogP contribution in [0.3, 0.4) is 0 Å². The second-order valence-corrected chi connectivity index (χ2v) is 5.23. The third-order valence-electron chi connectivity index (χ3n) is 3.19. The summed E-state index contributed by atoms with van der Waals surface area (Å²) in [5.74, 6) is 0.834. The van der Waals surface area contributed by atoms with Gasteiger partial charge in [-0.1, -0.05) is 33.1 Å². The Labute approximate surface area is 95.4 Å². The molecule has 0 atom stereocenters. The quantitative estimate of drug-likeness (QED) is 0.774.